The van der Waals surface area contributed by atoms with Gasteiger partial charge in [0.05, 0.1) is 26.2 Å². The van der Waals surface area contributed by atoms with Gasteiger partial charge in [-0.25, -0.2) is 4.39 Å². The molecule has 202 valence electrons. The van der Waals surface area contributed by atoms with Gasteiger partial charge in [-0.05, 0) is 74.9 Å². The van der Waals surface area contributed by atoms with Crippen LogP contribution in [0.15, 0.2) is 47.5 Å². The van der Waals surface area contributed by atoms with Gasteiger partial charge < -0.3 is 14.9 Å². The van der Waals surface area contributed by atoms with Crippen LogP contribution in [0.25, 0.3) is 0 Å². The number of rotatable bonds is 11. The quantitative estimate of drug-likeness (QED) is 0.0784. The highest BCUT2D eigenvalue weighted by Crippen LogP contribution is 2.27. The Bertz CT molecular complexity index is 1150. The van der Waals surface area contributed by atoms with Crippen molar-refractivity contribution < 1.29 is 23.6 Å². The molecule has 1 aliphatic heterocycles. The van der Waals surface area contributed by atoms with Crippen LogP contribution in [0.5, 0.6) is 0 Å². The molecule has 0 spiro atoms. The third-order valence-corrected chi connectivity index (χ3v) is 7.28. The first-order chi connectivity index (χ1) is 18.2. The van der Waals surface area contributed by atoms with Crippen LogP contribution in [-0.4, -0.2) is 66.4 Å². The summed E-state index contributed by atoms with van der Waals surface area (Å²) in [5.41, 5.74) is 2.45. The maximum absolute atomic E-state index is 13.2. The third kappa shape index (κ3) is 8.47. The monoisotopic (exact) mass is 522 g/mol. The number of anilines is 1. The Kier molecular flexibility index (Phi) is 10.5. The molecule has 8 nitrogen and oxygen atoms in total. The molecule has 0 atom stereocenters. The van der Waals surface area contributed by atoms with Crippen LogP contribution < -0.4 is 10.6 Å². The number of aliphatic hydroxyl groups is 1. The SMILES string of the molecule is CC(=O)c1cc(NC(=NCCC[N+]2(CCO)CCC(Cc3ccc(F)cc3)CC2)NC#N)cc(C(C)=O)c1. The summed E-state index contributed by atoms with van der Waals surface area (Å²) in [5, 5.41) is 24.5. The number of aliphatic imine (C=N–C) groups is 1. The lowest BCUT2D eigenvalue weighted by molar-refractivity contribution is -0.933. The Hall–Kier alpha value is -3.61. The molecule has 0 bridgehead atoms. The average Bonchev–Trinajstić information content (AvgIpc) is 2.89. The van der Waals surface area contributed by atoms with E-state index in [1.807, 2.05) is 18.3 Å². The summed E-state index contributed by atoms with van der Waals surface area (Å²) < 4.78 is 14.0. The van der Waals surface area contributed by atoms with E-state index >= 15 is 0 Å². The molecule has 1 heterocycles. The van der Waals surface area contributed by atoms with Crippen LogP contribution in [0.3, 0.4) is 0 Å². The van der Waals surface area contributed by atoms with Crippen LogP contribution in [-0.2, 0) is 6.42 Å². The van der Waals surface area contributed by atoms with Gasteiger partial charge in [0.1, 0.15) is 12.4 Å². The number of Topliss-reactive ketones (excluding diaryl/α,β-unsaturated/α-hetero) is 2. The summed E-state index contributed by atoms with van der Waals surface area (Å²) in [7, 11) is 0. The van der Waals surface area contributed by atoms with E-state index in [4.69, 9.17) is 0 Å². The van der Waals surface area contributed by atoms with Gasteiger partial charge in [0, 0.05) is 29.8 Å². The van der Waals surface area contributed by atoms with Crippen molar-refractivity contribution >= 4 is 23.2 Å². The molecule has 2 aromatic carbocycles. The Morgan fingerprint density at radius 3 is 2.26 bits per heavy atom. The highest BCUT2D eigenvalue weighted by molar-refractivity contribution is 6.03. The van der Waals surface area contributed by atoms with Gasteiger partial charge in [-0.1, -0.05) is 12.1 Å². The molecule has 3 N–H and O–H groups in total. The van der Waals surface area contributed by atoms with Crippen LogP contribution in [0.2, 0.25) is 0 Å². The number of aliphatic hydroxyl groups excluding tert-OH is 1. The number of carbonyl (C=O) groups is 2. The van der Waals surface area contributed by atoms with Gasteiger partial charge >= 0.3 is 0 Å². The second-order valence-electron chi connectivity index (χ2n) is 10.1. The predicted octanol–water partition coefficient (Wildman–Crippen LogP) is 3.92. The molecule has 1 fully saturated rings. The first kappa shape index (κ1) is 29.0. The summed E-state index contributed by atoms with van der Waals surface area (Å²) in [5.74, 6) is 0.246. The fraction of sp³-hybridized carbons (Fsp3) is 0.448. The van der Waals surface area contributed by atoms with Crippen LogP contribution in [0, 0.1) is 23.2 Å². The van der Waals surface area contributed by atoms with Crippen LogP contribution in [0.4, 0.5) is 10.1 Å². The molecule has 0 amide bonds. The lowest BCUT2D eigenvalue weighted by atomic mass is 9.88. The standard InChI is InChI=1S/C29H37FN5O3/c1-21(37)25-17-26(22(2)38)19-28(18-25)34-29(33-20-31)32-10-3-11-35(14-15-36)12-8-24(9-13-35)16-23-4-6-27(30)7-5-23/h4-7,17-19,24,36H,3,8-16H2,1-2H3,(H2,32,33,34)/q+1. The number of nitriles is 1. The zero-order chi connectivity index (χ0) is 27.5. The minimum absolute atomic E-state index is 0.125. The van der Waals surface area contributed by atoms with Crippen molar-refractivity contribution in [2.75, 3.05) is 44.6 Å². The number of guanidine groups is 1. The first-order valence-corrected chi connectivity index (χ1v) is 13.1. The van der Waals surface area contributed by atoms with E-state index in [9.17, 15) is 24.3 Å². The minimum atomic E-state index is -0.215. The molecular formula is C29H37FN5O3+. The van der Waals surface area contributed by atoms with Crippen molar-refractivity contribution in [3.63, 3.8) is 0 Å². The molecule has 1 saturated heterocycles. The number of benzene rings is 2. The highest BCUT2D eigenvalue weighted by atomic mass is 19.1. The van der Waals surface area contributed by atoms with Crippen molar-refractivity contribution in [3.05, 3.63) is 65.0 Å². The van der Waals surface area contributed by atoms with Crippen molar-refractivity contribution in [3.8, 4) is 6.19 Å². The number of nitrogens with one attached hydrogen (secondary N) is 2. The second-order valence-corrected chi connectivity index (χ2v) is 10.1. The maximum atomic E-state index is 13.2. The normalized spacial score (nSPS) is 19.4. The number of piperidine rings is 1. The molecule has 0 aliphatic carbocycles. The Morgan fingerprint density at radius 1 is 1.08 bits per heavy atom. The van der Waals surface area contributed by atoms with E-state index in [1.165, 1.54) is 26.0 Å². The Labute approximate surface area is 223 Å². The molecular weight excluding hydrogens is 485 g/mol. The lowest BCUT2D eigenvalue weighted by Crippen LogP contribution is -2.55. The summed E-state index contributed by atoms with van der Waals surface area (Å²) in [6, 6.07) is 11.5. The molecule has 0 radical (unpaired) electrons. The number of halogens is 1. The maximum Gasteiger partial charge on any atom is 0.209 e. The topological polar surface area (TPSA) is 115 Å². The van der Waals surface area contributed by atoms with E-state index in [0.29, 0.717) is 35.8 Å². The summed E-state index contributed by atoms with van der Waals surface area (Å²) >= 11 is 0. The van der Waals surface area contributed by atoms with Crippen molar-refractivity contribution in [2.24, 2.45) is 10.9 Å². The smallest absolute Gasteiger partial charge is 0.209 e. The van der Waals surface area contributed by atoms with Crippen molar-refractivity contribution in [1.29, 1.82) is 5.26 Å². The number of carbonyl (C=O) groups excluding carboxylic acids is 2. The fourth-order valence-electron chi connectivity index (χ4n) is 5.10. The number of ketones is 2. The third-order valence-electron chi connectivity index (χ3n) is 7.28. The molecule has 3 rings (SSSR count). The first-order valence-electron chi connectivity index (χ1n) is 13.1. The van der Waals surface area contributed by atoms with E-state index < -0.39 is 0 Å². The largest absolute Gasteiger partial charge is 0.391 e. The zero-order valence-electron chi connectivity index (χ0n) is 22.2. The van der Waals surface area contributed by atoms with Gasteiger partial charge in [-0.2, -0.15) is 5.26 Å². The lowest BCUT2D eigenvalue weighted by Gasteiger charge is -2.43. The van der Waals surface area contributed by atoms with E-state index in [0.717, 1.165) is 55.4 Å². The Balaban J connectivity index is 1.58. The molecule has 2 aromatic rings. The van der Waals surface area contributed by atoms with E-state index in [1.54, 1.807) is 18.2 Å². The number of nitrogens with zero attached hydrogens (tertiary/aromatic N) is 3. The molecule has 0 aromatic heterocycles. The average molecular weight is 523 g/mol. The number of likely N-dealkylation sites (tertiary alicyclic amines) is 1. The summed E-state index contributed by atoms with van der Waals surface area (Å²) in [6.07, 6.45) is 5.68. The zero-order valence-corrected chi connectivity index (χ0v) is 22.2. The van der Waals surface area contributed by atoms with Gasteiger partial charge in [0.2, 0.25) is 5.96 Å². The fourth-order valence-corrected chi connectivity index (χ4v) is 5.10. The molecule has 0 unspecified atom stereocenters. The van der Waals surface area contributed by atoms with E-state index in [-0.39, 0.29) is 30.0 Å². The van der Waals surface area contributed by atoms with E-state index in [2.05, 4.69) is 15.6 Å². The molecule has 38 heavy (non-hydrogen) atoms. The molecule has 9 heteroatoms. The number of hydrogen-bond acceptors (Lipinski definition) is 5. The Morgan fingerprint density at radius 2 is 1.71 bits per heavy atom. The summed E-state index contributed by atoms with van der Waals surface area (Å²) in [6.45, 7) is 6.96. The van der Waals surface area contributed by atoms with Gasteiger partial charge in [-0.15, -0.1) is 0 Å². The minimum Gasteiger partial charge on any atom is -0.391 e. The highest BCUT2D eigenvalue weighted by Gasteiger charge is 2.33. The molecule has 1 aliphatic rings. The molecule has 0 saturated carbocycles. The number of quaternary nitrogens is 1. The summed E-state index contributed by atoms with van der Waals surface area (Å²) in [4.78, 5) is 28.3. The second kappa shape index (κ2) is 13.8. The van der Waals surface area contributed by atoms with Crippen molar-refractivity contribution in [1.82, 2.24) is 5.32 Å². The van der Waals surface area contributed by atoms with Gasteiger partial charge in [0.25, 0.3) is 0 Å². The number of hydrogen-bond donors (Lipinski definition) is 3. The predicted molar refractivity (Wildman–Crippen MR) is 145 cm³/mol. The van der Waals surface area contributed by atoms with Gasteiger partial charge in [-0.3, -0.25) is 19.9 Å². The van der Waals surface area contributed by atoms with Crippen LogP contribution in [0.1, 0.15) is 59.4 Å². The van der Waals surface area contributed by atoms with Crippen molar-refractivity contribution in [2.45, 2.75) is 39.5 Å². The van der Waals surface area contributed by atoms with Gasteiger partial charge in [0.15, 0.2) is 17.8 Å². The van der Waals surface area contributed by atoms with Crippen LogP contribution >= 0.6 is 0 Å².